The Morgan fingerprint density at radius 2 is 1.52 bits per heavy atom. The average Bonchev–Trinajstić information content (AvgIpc) is 2.70. The summed E-state index contributed by atoms with van der Waals surface area (Å²) in [4.78, 5) is 15.1. The number of hydrogen-bond donors (Lipinski definition) is 0. The van der Waals surface area contributed by atoms with Crippen LogP contribution in [0, 0.1) is 0 Å². The van der Waals surface area contributed by atoms with Crippen LogP contribution in [0.1, 0.15) is 22.6 Å². The van der Waals surface area contributed by atoms with Gasteiger partial charge in [-0.05, 0) is 29.3 Å². The molecule has 0 atom stereocenters. The van der Waals surface area contributed by atoms with Crippen LogP contribution in [-0.2, 0) is 11.3 Å². The summed E-state index contributed by atoms with van der Waals surface area (Å²) in [5.41, 5.74) is 2.82. The molecule has 3 nitrogen and oxygen atoms in total. The number of nitrogens with zero attached hydrogens (tertiary/aromatic N) is 1. The van der Waals surface area contributed by atoms with Gasteiger partial charge in [0.2, 0.25) is 5.91 Å². The van der Waals surface area contributed by atoms with Gasteiger partial charge < -0.3 is 9.64 Å². The Bertz CT molecular complexity index is 857. The zero-order valence-corrected chi connectivity index (χ0v) is 16.2. The summed E-state index contributed by atoms with van der Waals surface area (Å²) < 4.78 is 5.41. The number of halogens is 1. The molecule has 0 aliphatic rings. The molecule has 27 heavy (non-hydrogen) atoms. The fourth-order valence-corrected chi connectivity index (χ4v) is 3.39. The number of methoxy groups -OCH3 is 1. The zero-order valence-electron chi connectivity index (χ0n) is 15.4. The number of hydrogen-bond acceptors (Lipinski definition) is 2. The highest BCUT2D eigenvalue weighted by atomic mass is 35.5. The van der Waals surface area contributed by atoms with Crippen LogP contribution in [0.25, 0.3) is 0 Å². The number of benzene rings is 3. The number of carbonyl (C=O) groups is 1. The third-order valence-corrected chi connectivity index (χ3v) is 4.77. The van der Waals surface area contributed by atoms with Gasteiger partial charge in [-0.2, -0.15) is 0 Å². The van der Waals surface area contributed by atoms with E-state index in [4.69, 9.17) is 16.3 Å². The van der Waals surface area contributed by atoms with Gasteiger partial charge >= 0.3 is 0 Å². The smallest absolute Gasteiger partial charge is 0.234 e. The molecule has 0 heterocycles. The molecule has 3 aromatic rings. The van der Waals surface area contributed by atoms with E-state index >= 15 is 0 Å². The summed E-state index contributed by atoms with van der Waals surface area (Å²) in [5, 5.41) is 0.620. The van der Waals surface area contributed by atoms with Crippen molar-refractivity contribution in [3.8, 4) is 5.75 Å². The van der Waals surface area contributed by atoms with E-state index in [0.29, 0.717) is 11.6 Å². The molecule has 0 spiro atoms. The molecular weight excluding hydrogens is 358 g/mol. The number of carbonyl (C=O) groups excluding carboxylic acids is 1. The molecule has 0 saturated carbocycles. The molecule has 0 aliphatic carbocycles. The molecule has 0 N–H and O–H groups in total. The Balaban J connectivity index is 1.91. The molecule has 3 rings (SSSR count). The second-order valence-electron chi connectivity index (χ2n) is 6.40. The highest BCUT2D eigenvalue weighted by Crippen LogP contribution is 2.29. The summed E-state index contributed by atoms with van der Waals surface area (Å²) in [6.07, 6.45) is 0. The van der Waals surface area contributed by atoms with Crippen molar-refractivity contribution in [3.05, 3.63) is 101 Å². The molecule has 0 radical (unpaired) electrons. The molecular formula is C23H22ClNO2. The fourth-order valence-electron chi connectivity index (χ4n) is 3.19. The predicted octanol–water partition coefficient (Wildman–Crippen LogP) is 5.14. The lowest BCUT2D eigenvalue weighted by Crippen LogP contribution is -2.32. The van der Waals surface area contributed by atoms with Crippen LogP contribution in [0.2, 0.25) is 5.02 Å². The highest BCUT2D eigenvalue weighted by molar-refractivity contribution is 6.30. The Morgan fingerprint density at radius 1 is 0.963 bits per heavy atom. The minimum absolute atomic E-state index is 0.0226. The van der Waals surface area contributed by atoms with Crippen molar-refractivity contribution in [3.63, 3.8) is 0 Å². The standard InChI is InChI=1S/C23H22ClNO2/c1-25(16-19-15-20(24)13-14-21(19)27-2)23(26)22(17-9-5-3-6-10-17)18-11-7-4-8-12-18/h3-15,22H,16H2,1-2H3. The topological polar surface area (TPSA) is 29.5 Å². The fraction of sp³-hybridized carbons (Fsp3) is 0.174. The third kappa shape index (κ3) is 4.50. The first-order chi connectivity index (χ1) is 13.1. The lowest BCUT2D eigenvalue weighted by atomic mass is 9.90. The maximum atomic E-state index is 13.4. The van der Waals surface area contributed by atoms with Crippen molar-refractivity contribution in [1.29, 1.82) is 0 Å². The Kier molecular flexibility index (Phi) is 6.15. The van der Waals surface area contributed by atoms with Gasteiger partial charge in [0.05, 0.1) is 13.0 Å². The van der Waals surface area contributed by atoms with Gasteiger partial charge in [-0.3, -0.25) is 4.79 Å². The Morgan fingerprint density at radius 3 is 2.04 bits per heavy atom. The maximum Gasteiger partial charge on any atom is 0.234 e. The maximum absolute atomic E-state index is 13.4. The number of amides is 1. The van der Waals surface area contributed by atoms with E-state index in [9.17, 15) is 4.79 Å². The van der Waals surface area contributed by atoms with Gasteiger partial charge in [0.15, 0.2) is 0 Å². The van der Waals surface area contributed by atoms with Crippen molar-refractivity contribution in [2.75, 3.05) is 14.2 Å². The summed E-state index contributed by atoms with van der Waals surface area (Å²) in [6.45, 7) is 0.415. The van der Waals surface area contributed by atoms with Gasteiger partial charge in [-0.25, -0.2) is 0 Å². The number of rotatable bonds is 6. The monoisotopic (exact) mass is 379 g/mol. The Hall–Kier alpha value is -2.78. The summed E-state index contributed by atoms with van der Waals surface area (Å²) in [5.74, 6) is 0.382. The normalized spacial score (nSPS) is 10.7. The molecule has 0 saturated heterocycles. The molecule has 1 amide bonds. The van der Waals surface area contributed by atoms with E-state index in [1.807, 2.05) is 79.8 Å². The highest BCUT2D eigenvalue weighted by Gasteiger charge is 2.26. The van der Waals surface area contributed by atoms with Crippen LogP contribution in [0.5, 0.6) is 5.75 Å². The van der Waals surface area contributed by atoms with Crippen molar-refractivity contribution in [2.24, 2.45) is 0 Å². The molecule has 0 aromatic heterocycles. The summed E-state index contributed by atoms with van der Waals surface area (Å²) >= 11 is 6.13. The third-order valence-electron chi connectivity index (χ3n) is 4.54. The van der Waals surface area contributed by atoms with Crippen LogP contribution < -0.4 is 4.74 Å². The van der Waals surface area contributed by atoms with E-state index in [1.54, 1.807) is 18.1 Å². The molecule has 0 aliphatic heterocycles. The number of ether oxygens (including phenoxy) is 1. The van der Waals surface area contributed by atoms with Gasteiger partial charge in [0.25, 0.3) is 0 Å². The second-order valence-corrected chi connectivity index (χ2v) is 6.84. The SMILES string of the molecule is COc1ccc(Cl)cc1CN(C)C(=O)C(c1ccccc1)c1ccccc1. The Labute approximate surface area is 165 Å². The van der Waals surface area contributed by atoms with Crippen molar-refractivity contribution in [1.82, 2.24) is 4.90 Å². The largest absolute Gasteiger partial charge is 0.496 e. The average molecular weight is 380 g/mol. The van der Waals surface area contributed by atoms with Crippen LogP contribution in [0.15, 0.2) is 78.9 Å². The van der Waals surface area contributed by atoms with Gasteiger partial charge in [-0.15, -0.1) is 0 Å². The van der Waals surface area contributed by atoms with E-state index in [1.165, 1.54) is 0 Å². The van der Waals surface area contributed by atoms with Crippen molar-refractivity contribution >= 4 is 17.5 Å². The van der Waals surface area contributed by atoms with Crippen LogP contribution in [-0.4, -0.2) is 25.0 Å². The van der Waals surface area contributed by atoms with Gasteiger partial charge in [0, 0.05) is 24.2 Å². The van der Waals surface area contributed by atoms with Crippen LogP contribution in [0.3, 0.4) is 0 Å². The van der Waals surface area contributed by atoms with E-state index in [0.717, 1.165) is 22.4 Å². The first kappa shape index (κ1) is 19.0. The number of likely N-dealkylation sites (N-methyl/N-ethyl adjacent to an activating group) is 1. The minimum Gasteiger partial charge on any atom is -0.496 e. The first-order valence-corrected chi connectivity index (χ1v) is 9.15. The minimum atomic E-state index is -0.359. The van der Waals surface area contributed by atoms with Gasteiger partial charge in [-0.1, -0.05) is 72.3 Å². The van der Waals surface area contributed by atoms with E-state index in [2.05, 4.69) is 0 Å². The molecule has 3 aromatic carbocycles. The molecule has 4 heteroatoms. The van der Waals surface area contributed by atoms with Crippen molar-refractivity contribution in [2.45, 2.75) is 12.5 Å². The van der Waals surface area contributed by atoms with E-state index < -0.39 is 0 Å². The van der Waals surface area contributed by atoms with Gasteiger partial charge in [0.1, 0.15) is 5.75 Å². The first-order valence-electron chi connectivity index (χ1n) is 8.77. The van der Waals surface area contributed by atoms with Crippen molar-refractivity contribution < 1.29 is 9.53 Å². The summed E-state index contributed by atoms with van der Waals surface area (Å²) in [6, 6.07) is 25.1. The van der Waals surface area contributed by atoms with Crippen LogP contribution in [0.4, 0.5) is 0 Å². The lowest BCUT2D eigenvalue weighted by molar-refractivity contribution is -0.131. The summed E-state index contributed by atoms with van der Waals surface area (Å²) in [7, 11) is 3.42. The molecule has 0 unspecified atom stereocenters. The van der Waals surface area contributed by atoms with Crippen LogP contribution >= 0.6 is 11.6 Å². The second kappa shape index (κ2) is 8.74. The molecule has 138 valence electrons. The predicted molar refractivity (Wildman–Crippen MR) is 109 cm³/mol. The molecule has 0 fully saturated rings. The van der Waals surface area contributed by atoms with E-state index in [-0.39, 0.29) is 11.8 Å². The molecule has 0 bridgehead atoms. The lowest BCUT2D eigenvalue weighted by Gasteiger charge is -2.25. The zero-order chi connectivity index (χ0) is 19.2. The quantitative estimate of drug-likeness (QED) is 0.593.